The molecule has 2 unspecified atom stereocenters. The van der Waals surface area contributed by atoms with Gasteiger partial charge in [0.2, 0.25) is 0 Å². The Bertz CT molecular complexity index is 391. The maximum atomic E-state index is 5.77. The molecule has 17 heavy (non-hydrogen) atoms. The van der Waals surface area contributed by atoms with Gasteiger partial charge in [0.25, 0.3) is 0 Å². The topological polar surface area (TPSA) is 54.2 Å². The number of nitrogens with zero attached hydrogens (tertiary/aromatic N) is 2. The van der Waals surface area contributed by atoms with Crippen molar-refractivity contribution >= 4 is 11.5 Å². The van der Waals surface area contributed by atoms with E-state index in [9.17, 15) is 0 Å². The van der Waals surface area contributed by atoms with Gasteiger partial charge in [-0.3, -0.25) is 0 Å². The van der Waals surface area contributed by atoms with Gasteiger partial charge in [-0.25, -0.2) is 4.98 Å². The minimum absolute atomic E-state index is 0.525. The summed E-state index contributed by atoms with van der Waals surface area (Å²) in [5.41, 5.74) is 7.42. The summed E-state index contributed by atoms with van der Waals surface area (Å²) in [6, 6.07) is 5.04. The number of likely N-dealkylation sites (tertiary alicyclic amines) is 1. The molecule has 1 aromatic heterocycles. The van der Waals surface area contributed by atoms with E-state index in [1.165, 1.54) is 12.8 Å². The maximum Gasteiger partial charge on any atom is 0.126 e. The Balaban J connectivity index is 1.99. The van der Waals surface area contributed by atoms with Crippen molar-refractivity contribution < 1.29 is 0 Å². The number of anilines is 2. The van der Waals surface area contributed by atoms with Crippen LogP contribution in [0.4, 0.5) is 11.5 Å². The third-order valence-corrected chi connectivity index (χ3v) is 3.69. The van der Waals surface area contributed by atoms with Gasteiger partial charge in [-0.2, -0.15) is 0 Å². The van der Waals surface area contributed by atoms with Crippen LogP contribution in [-0.2, 0) is 0 Å². The van der Waals surface area contributed by atoms with E-state index in [2.05, 4.69) is 29.2 Å². The molecule has 2 atom stereocenters. The number of aryl methyl sites for hydroxylation is 1. The van der Waals surface area contributed by atoms with Crippen molar-refractivity contribution in [2.75, 3.05) is 24.6 Å². The lowest BCUT2D eigenvalue weighted by atomic mass is 9.99. The highest BCUT2D eigenvalue weighted by atomic mass is 15.2. The first-order valence-electron chi connectivity index (χ1n) is 6.26. The number of nitrogens with two attached hydrogens (primary N) is 1. The van der Waals surface area contributed by atoms with Crippen LogP contribution in [0.5, 0.6) is 0 Å². The van der Waals surface area contributed by atoms with Crippen molar-refractivity contribution in [1.29, 1.82) is 0 Å². The SMILES string of the molecule is Cc1nc(NC2CCN(C)C(C)C2)ccc1N. The third-order valence-electron chi connectivity index (χ3n) is 3.69. The fraction of sp³-hybridized carbons (Fsp3) is 0.615. The molecule has 1 aromatic rings. The second-order valence-corrected chi connectivity index (χ2v) is 5.07. The first-order chi connectivity index (χ1) is 8.06. The van der Waals surface area contributed by atoms with E-state index in [-0.39, 0.29) is 0 Å². The van der Waals surface area contributed by atoms with Crippen molar-refractivity contribution in [1.82, 2.24) is 9.88 Å². The molecule has 0 aromatic carbocycles. The minimum atomic E-state index is 0.525. The normalized spacial score (nSPS) is 25.8. The Labute approximate surface area is 103 Å². The summed E-state index contributed by atoms with van der Waals surface area (Å²) in [6.07, 6.45) is 2.34. The monoisotopic (exact) mass is 234 g/mol. The number of nitrogens with one attached hydrogen (secondary N) is 1. The molecule has 4 nitrogen and oxygen atoms in total. The molecule has 3 N–H and O–H groups in total. The zero-order valence-corrected chi connectivity index (χ0v) is 10.9. The smallest absolute Gasteiger partial charge is 0.126 e. The lowest BCUT2D eigenvalue weighted by molar-refractivity contribution is 0.190. The Morgan fingerprint density at radius 2 is 2.24 bits per heavy atom. The maximum absolute atomic E-state index is 5.77. The second kappa shape index (κ2) is 4.92. The molecule has 2 rings (SSSR count). The molecule has 0 aliphatic carbocycles. The molecule has 2 heterocycles. The van der Waals surface area contributed by atoms with Crippen molar-refractivity contribution in [2.24, 2.45) is 0 Å². The van der Waals surface area contributed by atoms with Gasteiger partial charge in [-0.1, -0.05) is 0 Å². The van der Waals surface area contributed by atoms with Gasteiger partial charge < -0.3 is 16.0 Å². The van der Waals surface area contributed by atoms with Crippen LogP contribution in [0.25, 0.3) is 0 Å². The molecule has 94 valence electrons. The lowest BCUT2D eigenvalue weighted by Gasteiger charge is -2.35. The molecule has 1 fully saturated rings. The molecular formula is C13H22N4. The van der Waals surface area contributed by atoms with Gasteiger partial charge in [0.05, 0.1) is 11.4 Å². The lowest BCUT2D eigenvalue weighted by Crippen LogP contribution is -2.42. The molecule has 1 aliphatic heterocycles. The Kier molecular flexibility index (Phi) is 3.52. The Morgan fingerprint density at radius 3 is 2.88 bits per heavy atom. The number of aromatic nitrogens is 1. The zero-order chi connectivity index (χ0) is 12.4. The fourth-order valence-corrected chi connectivity index (χ4v) is 2.28. The summed E-state index contributed by atoms with van der Waals surface area (Å²) in [5.74, 6) is 0.943. The van der Waals surface area contributed by atoms with E-state index in [0.717, 1.165) is 23.7 Å². The van der Waals surface area contributed by atoms with Crippen LogP contribution in [0, 0.1) is 6.92 Å². The van der Waals surface area contributed by atoms with Crippen molar-refractivity contribution in [3.8, 4) is 0 Å². The number of hydrogen-bond donors (Lipinski definition) is 2. The summed E-state index contributed by atoms with van der Waals surface area (Å²) in [6.45, 7) is 5.36. The highest BCUT2D eigenvalue weighted by Crippen LogP contribution is 2.20. The predicted molar refractivity (Wildman–Crippen MR) is 72.1 cm³/mol. The Morgan fingerprint density at radius 1 is 1.47 bits per heavy atom. The summed E-state index contributed by atoms with van der Waals surface area (Å²) in [4.78, 5) is 6.86. The largest absolute Gasteiger partial charge is 0.397 e. The van der Waals surface area contributed by atoms with Crippen LogP contribution in [0.3, 0.4) is 0 Å². The van der Waals surface area contributed by atoms with E-state index in [1.54, 1.807) is 0 Å². The van der Waals surface area contributed by atoms with Crippen molar-refractivity contribution in [2.45, 2.75) is 38.8 Å². The minimum Gasteiger partial charge on any atom is -0.397 e. The molecule has 4 heteroatoms. The van der Waals surface area contributed by atoms with E-state index >= 15 is 0 Å². The first-order valence-corrected chi connectivity index (χ1v) is 6.26. The number of nitrogen functional groups attached to an aromatic ring is 1. The quantitative estimate of drug-likeness (QED) is 0.820. The third kappa shape index (κ3) is 2.88. The molecule has 0 spiro atoms. The molecule has 1 aliphatic rings. The van der Waals surface area contributed by atoms with Gasteiger partial charge >= 0.3 is 0 Å². The van der Waals surface area contributed by atoms with Gasteiger partial charge in [0.15, 0.2) is 0 Å². The fourth-order valence-electron chi connectivity index (χ4n) is 2.28. The average Bonchev–Trinajstić information content (AvgIpc) is 2.29. The summed E-state index contributed by atoms with van der Waals surface area (Å²) in [5, 5.41) is 3.51. The molecule has 0 radical (unpaired) electrons. The zero-order valence-electron chi connectivity index (χ0n) is 10.9. The average molecular weight is 234 g/mol. The second-order valence-electron chi connectivity index (χ2n) is 5.07. The number of rotatable bonds is 2. The van der Waals surface area contributed by atoms with Gasteiger partial charge in [-0.05, 0) is 45.9 Å². The van der Waals surface area contributed by atoms with Crippen molar-refractivity contribution in [3.05, 3.63) is 17.8 Å². The number of pyridine rings is 1. The van der Waals surface area contributed by atoms with Crippen LogP contribution < -0.4 is 11.1 Å². The molecule has 1 saturated heterocycles. The van der Waals surface area contributed by atoms with E-state index in [0.29, 0.717) is 12.1 Å². The van der Waals surface area contributed by atoms with Crippen LogP contribution in [0.2, 0.25) is 0 Å². The van der Waals surface area contributed by atoms with E-state index in [1.807, 2.05) is 19.1 Å². The van der Waals surface area contributed by atoms with Crippen LogP contribution >= 0.6 is 0 Å². The first kappa shape index (κ1) is 12.2. The molecular weight excluding hydrogens is 212 g/mol. The molecule has 0 saturated carbocycles. The number of piperidine rings is 1. The number of hydrogen-bond acceptors (Lipinski definition) is 4. The van der Waals surface area contributed by atoms with Gasteiger partial charge in [-0.15, -0.1) is 0 Å². The van der Waals surface area contributed by atoms with E-state index < -0.39 is 0 Å². The summed E-state index contributed by atoms with van der Waals surface area (Å²) >= 11 is 0. The van der Waals surface area contributed by atoms with Gasteiger partial charge in [0.1, 0.15) is 5.82 Å². The van der Waals surface area contributed by atoms with Crippen LogP contribution in [0.1, 0.15) is 25.5 Å². The van der Waals surface area contributed by atoms with Crippen LogP contribution in [-0.4, -0.2) is 35.6 Å². The van der Waals surface area contributed by atoms with Gasteiger partial charge in [0, 0.05) is 18.6 Å². The highest BCUT2D eigenvalue weighted by molar-refractivity contribution is 5.49. The molecule has 0 bridgehead atoms. The predicted octanol–water partition coefficient (Wildman–Crippen LogP) is 1.87. The summed E-state index contributed by atoms with van der Waals surface area (Å²) < 4.78 is 0. The standard InChI is InChI=1S/C13H22N4/c1-9-8-11(6-7-17(9)3)16-13-5-4-12(14)10(2)15-13/h4-5,9,11H,6-8,14H2,1-3H3,(H,15,16). The van der Waals surface area contributed by atoms with Crippen molar-refractivity contribution in [3.63, 3.8) is 0 Å². The van der Waals surface area contributed by atoms with E-state index in [4.69, 9.17) is 5.73 Å². The highest BCUT2D eigenvalue weighted by Gasteiger charge is 2.22. The molecule has 0 amide bonds. The summed E-state index contributed by atoms with van der Waals surface area (Å²) in [7, 11) is 2.19. The van der Waals surface area contributed by atoms with Crippen LogP contribution in [0.15, 0.2) is 12.1 Å². The Hall–Kier alpha value is -1.29.